The van der Waals surface area contributed by atoms with Gasteiger partial charge < -0.3 is 10.1 Å². The predicted molar refractivity (Wildman–Crippen MR) is 85.5 cm³/mol. The van der Waals surface area contributed by atoms with Gasteiger partial charge in [-0.05, 0) is 23.8 Å². The predicted octanol–water partition coefficient (Wildman–Crippen LogP) is 2.97. The van der Waals surface area contributed by atoms with Gasteiger partial charge in [-0.15, -0.1) is 0 Å². The van der Waals surface area contributed by atoms with E-state index in [1.807, 2.05) is 24.3 Å². The Balaban J connectivity index is 1.79. The molecule has 0 aliphatic carbocycles. The van der Waals surface area contributed by atoms with Gasteiger partial charge in [-0.25, -0.2) is 9.78 Å². The Bertz CT molecular complexity index is 677. The maximum atomic E-state index is 11.7. The lowest BCUT2D eigenvalue weighted by molar-refractivity contribution is -0.124. The minimum Gasteiger partial charge on any atom is -0.452 e. The number of hydrogen-bond acceptors (Lipinski definition) is 4. The molecular formula is C15H12BrClN2O3. The number of carbonyl (C=O) groups is 2. The smallest absolute Gasteiger partial charge is 0.340 e. The summed E-state index contributed by atoms with van der Waals surface area (Å²) in [5.41, 5.74) is 1.17. The number of pyridine rings is 1. The zero-order valence-electron chi connectivity index (χ0n) is 11.4. The number of esters is 1. The van der Waals surface area contributed by atoms with Crippen LogP contribution in [0.2, 0.25) is 5.15 Å². The first-order chi connectivity index (χ1) is 10.6. The van der Waals surface area contributed by atoms with Gasteiger partial charge in [0.15, 0.2) is 6.61 Å². The fraction of sp³-hybridized carbons (Fsp3) is 0.133. The van der Waals surface area contributed by atoms with E-state index in [1.165, 1.54) is 18.3 Å². The number of benzene rings is 1. The minimum atomic E-state index is -0.625. The van der Waals surface area contributed by atoms with Crippen molar-refractivity contribution >= 4 is 39.4 Å². The van der Waals surface area contributed by atoms with Crippen LogP contribution in [0.25, 0.3) is 0 Å². The van der Waals surface area contributed by atoms with Crippen LogP contribution in [0.5, 0.6) is 0 Å². The van der Waals surface area contributed by atoms with Crippen molar-refractivity contribution in [2.24, 2.45) is 0 Å². The van der Waals surface area contributed by atoms with Crippen LogP contribution < -0.4 is 5.32 Å². The molecule has 0 atom stereocenters. The maximum absolute atomic E-state index is 11.7. The first-order valence-electron chi connectivity index (χ1n) is 6.35. The fourth-order valence-corrected chi connectivity index (χ4v) is 2.13. The van der Waals surface area contributed by atoms with Crippen LogP contribution in [0.1, 0.15) is 15.9 Å². The third kappa shape index (κ3) is 4.82. The van der Waals surface area contributed by atoms with Crippen molar-refractivity contribution in [1.29, 1.82) is 0 Å². The number of aromatic nitrogens is 1. The largest absolute Gasteiger partial charge is 0.452 e. The van der Waals surface area contributed by atoms with Crippen LogP contribution in [-0.2, 0) is 16.1 Å². The molecule has 5 nitrogen and oxygen atoms in total. The molecule has 2 aromatic rings. The Morgan fingerprint density at radius 1 is 1.23 bits per heavy atom. The van der Waals surface area contributed by atoms with Crippen LogP contribution in [0.3, 0.4) is 0 Å². The Labute approximate surface area is 140 Å². The average molecular weight is 384 g/mol. The highest BCUT2D eigenvalue weighted by molar-refractivity contribution is 9.10. The Morgan fingerprint density at radius 3 is 2.68 bits per heavy atom. The summed E-state index contributed by atoms with van der Waals surface area (Å²) in [6.07, 6.45) is 1.30. The second kappa shape index (κ2) is 7.91. The van der Waals surface area contributed by atoms with Gasteiger partial charge in [-0.3, -0.25) is 4.79 Å². The quantitative estimate of drug-likeness (QED) is 0.637. The number of carbonyl (C=O) groups excluding carboxylic acids is 2. The molecule has 1 amide bonds. The third-order valence-corrected chi connectivity index (χ3v) is 3.73. The van der Waals surface area contributed by atoms with Gasteiger partial charge in [0.1, 0.15) is 5.15 Å². The number of halogens is 2. The van der Waals surface area contributed by atoms with E-state index in [0.717, 1.165) is 10.0 Å². The van der Waals surface area contributed by atoms with E-state index in [2.05, 4.69) is 26.2 Å². The van der Waals surface area contributed by atoms with Gasteiger partial charge >= 0.3 is 5.97 Å². The van der Waals surface area contributed by atoms with Crippen molar-refractivity contribution in [3.8, 4) is 0 Å². The van der Waals surface area contributed by atoms with Crippen molar-refractivity contribution in [2.75, 3.05) is 6.61 Å². The second-order valence-electron chi connectivity index (χ2n) is 4.31. The molecule has 2 rings (SSSR count). The van der Waals surface area contributed by atoms with Crippen LogP contribution in [0.4, 0.5) is 0 Å². The lowest BCUT2D eigenvalue weighted by atomic mass is 10.2. The summed E-state index contributed by atoms with van der Waals surface area (Å²) in [7, 11) is 0. The molecule has 1 N–H and O–H groups in total. The van der Waals surface area contributed by atoms with E-state index in [-0.39, 0.29) is 23.2 Å². The Kier molecular flexibility index (Phi) is 5.91. The molecule has 1 aromatic carbocycles. The van der Waals surface area contributed by atoms with Gasteiger partial charge in [-0.2, -0.15) is 0 Å². The first kappa shape index (κ1) is 16.5. The molecule has 114 valence electrons. The molecule has 0 radical (unpaired) electrons. The molecule has 7 heteroatoms. The zero-order valence-corrected chi connectivity index (χ0v) is 13.7. The highest BCUT2D eigenvalue weighted by atomic mass is 79.9. The molecule has 0 fully saturated rings. The molecule has 0 aliphatic heterocycles. The second-order valence-corrected chi connectivity index (χ2v) is 5.56. The Hall–Kier alpha value is -1.92. The topological polar surface area (TPSA) is 68.3 Å². The Morgan fingerprint density at radius 2 is 2.00 bits per heavy atom. The number of hydrogen-bond donors (Lipinski definition) is 1. The molecule has 0 saturated carbocycles. The molecule has 1 aromatic heterocycles. The summed E-state index contributed by atoms with van der Waals surface area (Å²) in [4.78, 5) is 27.1. The van der Waals surface area contributed by atoms with E-state index in [1.54, 1.807) is 0 Å². The lowest BCUT2D eigenvalue weighted by Crippen LogP contribution is -2.28. The summed E-state index contributed by atoms with van der Waals surface area (Å²) in [5, 5.41) is 2.95. The van der Waals surface area contributed by atoms with E-state index in [0.29, 0.717) is 6.54 Å². The van der Waals surface area contributed by atoms with Crippen LogP contribution in [-0.4, -0.2) is 23.5 Å². The normalized spacial score (nSPS) is 10.1. The summed E-state index contributed by atoms with van der Waals surface area (Å²) < 4.78 is 5.80. The molecule has 0 spiro atoms. The zero-order chi connectivity index (χ0) is 15.9. The van der Waals surface area contributed by atoms with Crippen molar-refractivity contribution in [3.05, 3.63) is 63.3 Å². The van der Waals surface area contributed by atoms with E-state index < -0.39 is 5.97 Å². The maximum Gasteiger partial charge on any atom is 0.340 e. The van der Waals surface area contributed by atoms with E-state index in [9.17, 15) is 9.59 Å². The van der Waals surface area contributed by atoms with Crippen molar-refractivity contribution in [2.45, 2.75) is 6.54 Å². The van der Waals surface area contributed by atoms with Gasteiger partial charge in [-0.1, -0.05) is 45.7 Å². The molecule has 0 bridgehead atoms. The summed E-state index contributed by atoms with van der Waals surface area (Å²) in [5.74, 6) is -1.01. The summed E-state index contributed by atoms with van der Waals surface area (Å²) in [6, 6.07) is 10.5. The molecule has 0 unspecified atom stereocenters. The number of nitrogens with zero attached hydrogens (tertiary/aromatic N) is 1. The summed E-state index contributed by atoms with van der Waals surface area (Å²) >= 11 is 9.02. The molecule has 0 aliphatic rings. The monoisotopic (exact) mass is 382 g/mol. The molecule has 1 heterocycles. The van der Waals surface area contributed by atoms with Crippen LogP contribution in [0.15, 0.2) is 47.1 Å². The molecular weight excluding hydrogens is 372 g/mol. The first-order valence-corrected chi connectivity index (χ1v) is 7.52. The molecule has 0 saturated heterocycles. The standard InChI is InChI=1S/C15H12BrClN2O3/c16-12-4-2-1-3-10(12)7-19-14(20)9-22-15(21)11-5-6-13(17)18-8-11/h1-6,8H,7,9H2,(H,19,20). The fourth-order valence-electron chi connectivity index (χ4n) is 1.60. The van der Waals surface area contributed by atoms with Gasteiger partial charge in [0.2, 0.25) is 0 Å². The van der Waals surface area contributed by atoms with Crippen LogP contribution >= 0.6 is 27.5 Å². The highest BCUT2D eigenvalue weighted by Gasteiger charge is 2.10. The van der Waals surface area contributed by atoms with Gasteiger partial charge in [0, 0.05) is 17.2 Å². The average Bonchev–Trinajstić information content (AvgIpc) is 2.52. The van der Waals surface area contributed by atoms with E-state index in [4.69, 9.17) is 16.3 Å². The number of nitrogens with one attached hydrogen (secondary N) is 1. The SMILES string of the molecule is O=C(COC(=O)c1ccc(Cl)nc1)NCc1ccccc1Br. The van der Waals surface area contributed by atoms with Crippen molar-refractivity contribution in [1.82, 2.24) is 10.3 Å². The van der Waals surface area contributed by atoms with Gasteiger partial charge in [0.25, 0.3) is 5.91 Å². The third-order valence-electron chi connectivity index (χ3n) is 2.73. The van der Waals surface area contributed by atoms with E-state index >= 15 is 0 Å². The number of ether oxygens (including phenoxy) is 1. The van der Waals surface area contributed by atoms with Gasteiger partial charge in [0.05, 0.1) is 5.56 Å². The highest BCUT2D eigenvalue weighted by Crippen LogP contribution is 2.15. The number of rotatable bonds is 5. The van der Waals surface area contributed by atoms with Crippen molar-refractivity contribution in [3.63, 3.8) is 0 Å². The van der Waals surface area contributed by atoms with Crippen molar-refractivity contribution < 1.29 is 14.3 Å². The minimum absolute atomic E-state index is 0.239. The van der Waals surface area contributed by atoms with Crippen LogP contribution in [0, 0.1) is 0 Å². The molecule has 22 heavy (non-hydrogen) atoms. The lowest BCUT2D eigenvalue weighted by Gasteiger charge is -2.08. The number of amides is 1. The summed E-state index contributed by atoms with van der Waals surface area (Å²) in [6.45, 7) is -0.00772.